The highest BCUT2D eigenvalue weighted by molar-refractivity contribution is 6.32. The molecule has 0 aliphatic carbocycles. The van der Waals surface area contributed by atoms with Crippen LogP contribution in [-0.4, -0.2) is 12.4 Å². The Bertz CT molecular complexity index is 897. The summed E-state index contributed by atoms with van der Waals surface area (Å²) in [6.45, 7) is 3.75. The van der Waals surface area contributed by atoms with Gasteiger partial charge in [0, 0.05) is 12.1 Å². The molecule has 1 radical (unpaired) electrons. The van der Waals surface area contributed by atoms with Crippen LogP contribution >= 0.6 is 11.6 Å². The first-order chi connectivity index (χ1) is 13.6. The van der Waals surface area contributed by atoms with Gasteiger partial charge in [0.1, 0.15) is 5.75 Å². The Morgan fingerprint density at radius 2 is 1.57 bits per heavy atom. The zero-order chi connectivity index (χ0) is 19.8. The SMILES string of the molecule is [CH2]C[C@@H](OC(=O)Nc1ccc(Cc2ccccc2)cc1)Oc1ccccc1Cl. The van der Waals surface area contributed by atoms with Crippen LogP contribution in [0.25, 0.3) is 0 Å². The maximum atomic E-state index is 12.2. The van der Waals surface area contributed by atoms with E-state index in [2.05, 4.69) is 24.4 Å². The van der Waals surface area contributed by atoms with Crippen molar-refractivity contribution in [1.82, 2.24) is 0 Å². The Morgan fingerprint density at radius 1 is 0.929 bits per heavy atom. The number of ether oxygens (including phenoxy) is 2. The lowest BCUT2D eigenvalue weighted by Crippen LogP contribution is -2.26. The molecule has 3 aromatic rings. The van der Waals surface area contributed by atoms with E-state index in [0.29, 0.717) is 16.5 Å². The third-order valence-corrected chi connectivity index (χ3v) is 4.33. The first-order valence-electron chi connectivity index (χ1n) is 8.95. The van der Waals surface area contributed by atoms with Crippen molar-refractivity contribution >= 4 is 23.4 Å². The van der Waals surface area contributed by atoms with Gasteiger partial charge in [-0.25, -0.2) is 4.79 Å². The summed E-state index contributed by atoms with van der Waals surface area (Å²) in [6, 6.07) is 24.8. The van der Waals surface area contributed by atoms with E-state index < -0.39 is 12.4 Å². The molecule has 1 atom stereocenters. The van der Waals surface area contributed by atoms with Gasteiger partial charge in [0.2, 0.25) is 6.29 Å². The molecule has 1 N–H and O–H groups in total. The summed E-state index contributed by atoms with van der Waals surface area (Å²) in [5.74, 6) is 0.441. The average molecular weight is 395 g/mol. The average Bonchev–Trinajstić information content (AvgIpc) is 2.71. The lowest BCUT2D eigenvalue weighted by Gasteiger charge is -2.19. The standard InChI is InChI=1S/C23H21ClNO3/c1-2-22(27-21-11-7-6-10-20(21)24)28-23(26)25-19-14-12-18(13-15-19)16-17-8-4-3-5-9-17/h3-15,22H,1-2,16H2,(H,25,26)/t22-/m1/s1. The van der Waals surface area contributed by atoms with Crippen LogP contribution < -0.4 is 10.1 Å². The van der Waals surface area contributed by atoms with Crippen molar-refractivity contribution in [2.24, 2.45) is 0 Å². The minimum Gasteiger partial charge on any atom is -0.453 e. The van der Waals surface area contributed by atoms with Gasteiger partial charge >= 0.3 is 6.09 Å². The number of hydrogen-bond donors (Lipinski definition) is 1. The topological polar surface area (TPSA) is 47.6 Å². The third kappa shape index (κ3) is 5.76. The maximum absolute atomic E-state index is 12.2. The van der Waals surface area contributed by atoms with E-state index in [1.54, 1.807) is 24.3 Å². The molecule has 0 fully saturated rings. The molecule has 0 spiro atoms. The molecule has 4 nitrogen and oxygen atoms in total. The van der Waals surface area contributed by atoms with Crippen LogP contribution in [0.5, 0.6) is 5.75 Å². The second-order valence-electron chi connectivity index (χ2n) is 6.16. The summed E-state index contributed by atoms with van der Waals surface area (Å²) >= 11 is 6.06. The van der Waals surface area contributed by atoms with Crippen LogP contribution in [0.3, 0.4) is 0 Å². The molecule has 3 aromatic carbocycles. The van der Waals surface area contributed by atoms with Gasteiger partial charge in [-0.3, -0.25) is 5.32 Å². The van der Waals surface area contributed by atoms with Gasteiger partial charge in [-0.1, -0.05) is 66.2 Å². The van der Waals surface area contributed by atoms with Crippen molar-refractivity contribution in [3.8, 4) is 5.75 Å². The molecule has 5 heteroatoms. The lowest BCUT2D eigenvalue weighted by molar-refractivity contribution is -0.0239. The number of rotatable bonds is 7. The first kappa shape index (κ1) is 19.8. The van der Waals surface area contributed by atoms with Gasteiger partial charge in [-0.05, 0) is 48.7 Å². The molecule has 0 aliphatic rings. The smallest absolute Gasteiger partial charge is 0.414 e. The molecule has 28 heavy (non-hydrogen) atoms. The fourth-order valence-electron chi connectivity index (χ4n) is 2.63. The Morgan fingerprint density at radius 3 is 2.25 bits per heavy atom. The number of halogens is 1. The van der Waals surface area contributed by atoms with Gasteiger partial charge < -0.3 is 9.47 Å². The van der Waals surface area contributed by atoms with Crippen LogP contribution in [0.4, 0.5) is 10.5 Å². The number of amides is 1. The maximum Gasteiger partial charge on any atom is 0.414 e. The molecule has 0 aromatic heterocycles. The Kier molecular flexibility index (Phi) is 6.93. The summed E-state index contributed by atoms with van der Waals surface area (Å²) in [4.78, 5) is 12.2. The zero-order valence-corrected chi connectivity index (χ0v) is 16.1. The van der Waals surface area contributed by atoms with Crippen LogP contribution in [0.15, 0.2) is 78.9 Å². The summed E-state index contributed by atoms with van der Waals surface area (Å²) in [6.07, 6.45) is -0.371. The van der Waals surface area contributed by atoms with Crippen LogP contribution in [0.2, 0.25) is 5.02 Å². The highest BCUT2D eigenvalue weighted by Crippen LogP contribution is 2.25. The number of anilines is 1. The minimum absolute atomic E-state index is 0.245. The molecule has 0 saturated heterocycles. The number of carbonyl (C=O) groups is 1. The van der Waals surface area contributed by atoms with Gasteiger partial charge in [-0.2, -0.15) is 0 Å². The van der Waals surface area contributed by atoms with E-state index in [4.69, 9.17) is 21.1 Å². The highest BCUT2D eigenvalue weighted by Gasteiger charge is 2.15. The van der Waals surface area contributed by atoms with Crippen LogP contribution in [-0.2, 0) is 11.2 Å². The second kappa shape index (κ2) is 9.81. The normalized spacial score (nSPS) is 11.5. The molecule has 3 rings (SSSR count). The zero-order valence-electron chi connectivity index (χ0n) is 15.3. The molecule has 143 valence electrons. The predicted molar refractivity (Wildman–Crippen MR) is 112 cm³/mol. The number of carbonyl (C=O) groups excluding carboxylic acids is 1. The first-order valence-corrected chi connectivity index (χ1v) is 9.33. The molecular formula is C23H21ClNO3. The number of hydrogen-bond acceptors (Lipinski definition) is 3. The number of para-hydroxylation sites is 1. The molecular weight excluding hydrogens is 374 g/mol. The van der Waals surface area contributed by atoms with Crippen molar-refractivity contribution in [2.75, 3.05) is 5.32 Å². The summed E-state index contributed by atoms with van der Waals surface area (Å²) in [7, 11) is 0. The molecule has 0 heterocycles. The lowest BCUT2D eigenvalue weighted by atomic mass is 10.1. The molecule has 1 amide bonds. The van der Waals surface area contributed by atoms with Crippen LogP contribution in [0.1, 0.15) is 17.5 Å². The van der Waals surface area contributed by atoms with Gasteiger partial charge in [-0.15, -0.1) is 0 Å². The van der Waals surface area contributed by atoms with Gasteiger partial charge in [0.15, 0.2) is 0 Å². The second-order valence-corrected chi connectivity index (χ2v) is 6.56. The Balaban J connectivity index is 1.54. The molecule has 0 aliphatic heterocycles. The van der Waals surface area contributed by atoms with Crippen molar-refractivity contribution in [3.63, 3.8) is 0 Å². The van der Waals surface area contributed by atoms with E-state index in [9.17, 15) is 4.79 Å². The monoisotopic (exact) mass is 394 g/mol. The molecule has 0 saturated carbocycles. The Labute approximate surface area is 170 Å². The number of benzene rings is 3. The Hall–Kier alpha value is -2.98. The fraction of sp³-hybridized carbons (Fsp3) is 0.130. The van der Waals surface area contributed by atoms with Crippen LogP contribution in [0, 0.1) is 6.92 Å². The summed E-state index contributed by atoms with van der Waals surface area (Å²) in [5, 5.41) is 3.14. The van der Waals surface area contributed by atoms with E-state index >= 15 is 0 Å². The van der Waals surface area contributed by atoms with Crippen molar-refractivity contribution in [3.05, 3.63) is 102 Å². The van der Waals surface area contributed by atoms with E-state index in [-0.39, 0.29) is 6.42 Å². The van der Waals surface area contributed by atoms with Crippen molar-refractivity contribution in [2.45, 2.75) is 19.1 Å². The third-order valence-electron chi connectivity index (χ3n) is 4.02. The predicted octanol–water partition coefficient (Wildman–Crippen LogP) is 6.11. The number of nitrogens with one attached hydrogen (secondary N) is 1. The van der Waals surface area contributed by atoms with Crippen molar-refractivity contribution in [1.29, 1.82) is 0 Å². The highest BCUT2D eigenvalue weighted by atomic mass is 35.5. The van der Waals surface area contributed by atoms with E-state index in [1.807, 2.05) is 42.5 Å². The summed E-state index contributed by atoms with van der Waals surface area (Å²) < 4.78 is 10.9. The molecule has 0 bridgehead atoms. The molecule has 0 unspecified atom stereocenters. The summed E-state index contributed by atoms with van der Waals surface area (Å²) in [5.41, 5.74) is 3.03. The van der Waals surface area contributed by atoms with E-state index in [1.165, 1.54) is 5.56 Å². The van der Waals surface area contributed by atoms with Gasteiger partial charge in [0.25, 0.3) is 0 Å². The van der Waals surface area contributed by atoms with Gasteiger partial charge in [0.05, 0.1) is 5.02 Å². The quantitative estimate of drug-likeness (QED) is 0.492. The fourth-order valence-corrected chi connectivity index (χ4v) is 2.81. The van der Waals surface area contributed by atoms with E-state index in [0.717, 1.165) is 12.0 Å². The minimum atomic E-state index is -0.836. The largest absolute Gasteiger partial charge is 0.453 e. The van der Waals surface area contributed by atoms with Crippen molar-refractivity contribution < 1.29 is 14.3 Å².